The summed E-state index contributed by atoms with van der Waals surface area (Å²) in [7, 11) is 0. The summed E-state index contributed by atoms with van der Waals surface area (Å²) < 4.78 is 5.37. The Morgan fingerprint density at radius 1 is 1.03 bits per heavy atom. The fraction of sp³-hybridized carbons (Fsp3) is 0.250. The number of nitrogens with one attached hydrogen (secondary N) is 1. The molecule has 4 heterocycles. The quantitative estimate of drug-likeness (QED) is 0.469. The summed E-state index contributed by atoms with van der Waals surface area (Å²) in [5, 5.41) is 9.31. The number of piperazine rings is 1. The first-order valence-electron chi connectivity index (χ1n) is 10.8. The van der Waals surface area contributed by atoms with Crippen molar-refractivity contribution in [2.45, 2.75) is 13.8 Å². The zero-order valence-electron chi connectivity index (χ0n) is 18.5. The number of carbonyl (C=O) groups excluding carboxylic acids is 1. The lowest BCUT2D eigenvalue weighted by atomic mass is 10.2. The van der Waals surface area contributed by atoms with Gasteiger partial charge in [-0.1, -0.05) is 28.9 Å². The van der Waals surface area contributed by atoms with Gasteiger partial charge in [0.05, 0.1) is 4.88 Å². The molecule has 33 heavy (non-hydrogen) atoms. The molecule has 0 bridgehead atoms. The zero-order valence-corrected chi connectivity index (χ0v) is 19.3. The van der Waals surface area contributed by atoms with E-state index in [0.717, 1.165) is 22.2 Å². The van der Waals surface area contributed by atoms with Crippen LogP contribution in [0.1, 0.15) is 21.9 Å². The summed E-state index contributed by atoms with van der Waals surface area (Å²) in [6, 6.07) is 15.8. The second kappa shape index (κ2) is 9.03. The standard InChI is InChI=1S/C24H24N6O2S/c1-16-5-7-18(8-6-16)27-22-15-23(26-17(2)25-22)29-9-11-30(12-10-29)24(31)19-14-20(32-28-19)21-4-3-13-33-21/h3-8,13-15H,9-12H2,1-2H3,(H,25,26,27). The molecule has 168 valence electrons. The summed E-state index contributed by atoms with van der Waals surface area (Å²) in [5.74, 6) is 2.82. The highest BCUT2D eigenvalue weighted by Crippen LogP contribution is 2.26. The first kappa shape index (κ1) is 21.1. The molecule has 4 aromatic rings. The fourth-order valence-corrected chi connectivity index (χ4v) is 4.45. The third kappa shape index (κ3) is 4.73. The van der Waals surface area contributed by atoms with Crippen molar-refractivity contribution in [1.82, 2.24) is 20.0 Å². The van der Waals surface area contributed by atoms with E-state index in [1.807, 2.05) is 47.5 Å². The smallest absolute Gasteiger partial charge is 0.276 e. The first-order valence-corrected chi connectivity index (χ1v) is 11.7. The van der Waals surface area contributed by atoms with Crippen LogP contribution in [-0.2, 0) is 0 Å². The van der Waals surface area contributed by atoms with Gasteiger partial charge in [0.2, 0.25) is 0 Å². The van der Waals surface area contributed by atoms with Crippen molar-refractivity contribution in [1.29, 1.82) is 0 Å². The molecule has 5 rings (SSSR count). The Bertz CT molecular complexity index is 1240. The van der Waals surface area contributed by atoms with E-state index in [0.29, 0.717) is 43.5 Å². The zero-order chi connectivity index (χ0) is 22.8. The van der Waals surface area contributed by atoms with E-state index >= 15 is 0 Å². The molecule has 8 nitrogen and oxygen atoms in total. The fourth-order valence-electron chi connectivity index (χ4n) is 3.77. The van der Waals surface area contributed by atoms with Crippen LogP contribution in [0.4, 0.5) is 17.3 Å². The van der Waals surface area contributed by atoms with E-state index < -0.39 is 0 Å². The van der Waals surface area contributed by atoms with Gasteiger partial charge in [-0.05, 0) is 37.4 Å². The third-order valence-corrected chi connectivity index (χ3v) is 6.42. The van der Waals surface area contributed by atoms with Gasteiger partial charge in [-0.2, -0.15) is 0 Å². The lowest BCUT2D eigenvalue weighted by Gasteiger charge is -2.35. The van der Waals surface area contributed by atoms with Crippen LogP contribution in [0, 0.1) is 13.8 Å². The number of aromatic nitrogens is 3. The molecule has 0 unspecified atom stereocenters. The number of anilines is 3. The van der Waals surface area contributed by atoms with Crippen molar-refractivity contribution < 1.29 is 9.32 Å². The van der Waals surface area contributed by atoms with Crippen LogP contribution in [0.2, 0.25) is 0 Å². The van der Waals surface area contributed by atoms with Gasteiger partial charge in [0.1, 0.15) is 17.5 Å². The molecule has 0 saturated carbocycles. The van der Waals surface area contributed by atoms with Crippen LogP contribution in [0.25, 0.3) is 10.6 Å². The number of benzene rings is 1. The Balaban J connectivity index is 1.24. The number of rotatable bonds is 5. The summed E-state index contributed by atoms with van der Waals surface area (Å²) in [6.07, 6.45) is 0. The number of nitrogens with zero attached hydrogens (tertiary/aromatic N) is 5. The number of hydrogen-bond donors (Lipinski definition) is 1. The van der Waals surface area contributed by atoms with E-state index in [9.17, 15) is 4.79 Å². The maximum absolute atomic E-state index is 12.9. The normalized spacial score (nSPS) is 13.9. The number of carbonyl (C=O) groups is 1. The van der Waals surface area contributed by atoms with Crippen molar-refractivity contribution in [3.05, 3.63) is 71.0 Å². The number of thiophene rings is 1. The van der Waals surface area contributed by atoms with Crippen molar-refractivity contribution in [3.63, 3.8) is 0 Å². The Hall–Kier alpha value is -3.72. The second-order valence-electron chi connectivity index (χ2n) is 7.98. The van der Waals surface area contributed by atoms with Gasteiger partial charge in [-0.25, -0.2) is 9.97 Å². The topological polar surface area (TPSA) is 87.4 Å². The van der Waals surface area contributed by atoms with Crippen LogP contribution in [0.3, 0.4) is 0 Å². The van der Waals surface area contributed by atoms with Crippen LogP contribution in [0.15, 0.2) is 58.4 Å². The Labute approximate surface area is 195 Å². The summed E-state index contributed by atoms with van der Waals surface area (Å²) in [6.45, 7) is 6.49. The van der Waals surface area contributed by atoms with Crippen LogP contribution < -0.4 is 10.2 Å². The molecule has 0 spiro atoms. The van der Waals surface area contributed by atoms with E-state index in [1.54, 1.807) is 17.4 Å². The van der Waals surface area contributed by atoms with Gasteiger partial charge in [0.25, 0.3) is 5.91 Å². The Morgan fingerprint density at radius 2 is 1.82 bits per heavy atom. The van der Waals surface area contributed by atoms with Crippen molar-refractivity contribution in [3.8, 4) is 10.6 Å². The molecular weight excluding hydrogens is 436 g/mol. The maximum Gasteiger partial charge on any atom is 0.276 e. The van der Waals surface area contributed by atoms with Gasteiger partial charge in [0.15, 0.2) is 11.5 Å². The van der Waals surface area contributed by atoms with Crippen LogP contribution >= 0.6 is 11.3 Å². The number of hydrogen-bond acceptors (Lipinski definition) is 8. The highest BCUT2D eigenvalue weighted by molar-refractivity contribution is 7.13. The lowest BCUT2D eigenvalue weighted by Crippen LogP contribution is -2.49. The molecule has 1 aliphatic rings. The van der Waals surface area contributed by atoms with Gasteiger partial charge in [-0.15, -0.1) is 11.3 Å². The Kier molecular flexibility index (Phi) is 5.78. The minimum Gasteiger partial charge on any atom is -0.355 e. The molecule has 1 aliphatic heterocycles. The van der Waals surface area contributed by atoms with Crippen molar-refractivity contribution in [2.24, 2.45) is 0 Å². The molecule has 0 atom stereocenters. The lowest BCUT2D eigenvalue weighted by molar-refractivity contribution is 0.0736. The van der Waals surface area contributed by atoms with E-state index in [2.05, 4.69) is 44.4 Å². The van der Waals surface area contributed by atoms with Crippen LogP contribution in [-0.4, -0.2) is 52.1 Å². The predicted octanol–water partition coefficient (Wildman–Crippen LogP) is 4.52. The molecule has 1 aromatic carbocycles. The Morgan fingerprint density at radius 3 is 2.55 bits per heavy atom. The van der Waals surface area contributed by atoms with Crippen molar-refractivity contribution >= 4 is 34.6 Å². The SMILES string of the molecule is Cc1ccc(Nc2cc(N3CCN(C(=O)c4cc(-c5cccs5)on4)CC3)nc(C)n2)cc1. The van der Waals surface area contributed by atoms with E-state index in [-0.39, 0.29) is 5.91 Å². The molecule has 1 N–H and O–H groups in total. The van der Waals surface area contributed by atoms with Gasteiger partial charge < -0.3 is 19.6 Å². The molecule has 1 saturated heterocycles. The van der Waals surface area contributed by atoms with Crippen molar-refractivity contribution in [2.75, 3.05) is 36.4 Å². The summed E-state index contributed by atoms with van der Waals surface area (Å²) in [5.41, 5.74) is 2.53. The number of amides is 1. The number of aryl methyl sites for hydroxylation is 2. The first-order chi connectivity index (χ1) is 16.0. The molecule has 1 fully saturated rings. The second-order valence-corrected chi connectivity index (χ2v) is 8.93. The third-order valence-electron chi connectivity index (χ3n) is 5.53. The molecule has 1 amide bonds. The highest BCUT2D eigenvalue weighted by Gasteiger charge is 2.26. The largest absolute Gasteiger partial charge is 0.355 e. The predicted molar refractivity (Wildman–Crippen MR) is 129 cm³/mol. The minimum absolute atomic E-state index is 0.109. The highest BCUT2D eigenvalue weighted by atomic mass is 32.1. The molecule has 3 aromatic heterocycles. The average Bonchev–Trinajstić information content (AvgIpc) is 3.52. The van der Waals surface area contributed by atoms with Gasteiger partial charge >= 0.3 is 0 Å². The molecule has 0 aliphatic carbocycles. The van der Waals surface area contributed by atoms with E-state index in [4.69, 9.17) is 4.52 Å². The van der Waals surface area contributed by atoms with Crippen LogP contribution in [0.5, 0.6) is 0 Å². The molecular formula is C24H24N6O2S. The monoisotopic (exact) mass is 460 g/mol. The average molecular weight is 461 g/mol. The van der Waals surface area contributed by atoms with E-state index in [1.165, 1.54) is 5.56 Å². The minimum atomic E-state index is -0.109. The summed E-state index contributed by atoms with van der Waals surface area (Å²) >= 11 is 1.56. The summed E-state index contributed by atoms with van der Waals surface area (Å²) in [4.78, 5) is 27.0. The van der Waals surface area contributed by atoms with Gasteiger partial charge in [0, 0.05) is 44.0 Å². The maximum atomic E-state index is 12.9. The van der Waals surface area contributed by atoms with Gasteiger partial charge in [-0.3, -0.25) is 4.79 Å². The molecule has 0 radical (unpaired) electrons. The molecule has 9 heteroatoms.